The van der Waals surface area contributed by atoms with Crippen molar-refractivity contribution in [3.05, 3.63) is 0 Å². The first-order valence-corrected chi connectivity index (χ1v) is 10.2. The molecule has 0 aromatic rings. The molecular weight excluding hydrogens is 288 g/mol. The second-order valence-corrected chi connectivity index (χ2v) is 6.90. The molecule has 138 valence electrons. The minimum atomic E-state index is 0.291. The zero-order valence-corrected chi connectivity index (χ0v) is 15.7. The number of rotatable bonds is 18. The molecule has 2 unspecified atom stereocenters. The molecule has 0 amide bonds. The summed E-state index contributed by atoms with van der Waals surface area (Å²) in [4.78, 5) is 0. The Labute approximate surface area is 144 Å². The van der Waals surface area contributed by atoms with Gasteiger partial charge in [-0.15, -0.1) is 0 Å². The summed E-state index contributed by atoms with van der Waals surface area (Å²) in [7, 11) is 0. The zero-order chi connectivity index (χ0) is 16.6. The Morgan fingerprint density at radius 3 is 1.39 bits per heavy atom. The molecule has 0 N–H and O–H groups in total. The first-order valence-electron chi connectivity index (χ1n) is 10.2. The predicted molar refractivity (Wildman–Crippen MR) is 97.1 cm³/mol. The highest BCUT2D eigenvalue weighted by Crippen LogP contribution is 2.22. The smallest absolute Gasteiger partial charge is 0.110 e. The van der Waals surface area contributed by atoms with E-state index in [9.17, 15) is 0 Å². The number of hydrogen-bond donors (Lipinski definition) is 0. The fourth-order valence-electron chi connectivity index (χ4n) is 2.84. The first-order chi connectivity index (χ1) is 11.4. The highest BCUT2D eigenvalue weighted by Gasteiger charge is 2.38. The Kier molecular flexibility index (Phi) is 14.0. The maximum absolute atomic E-state index is 5.70. The van der Waals surface area contributed by atoms with Crippen LogP contribution in [0.4, 0.5) is 0 Å². The van der Waals surface area contributed by atoms with Gasteiger partial charge in [0.15, 0.2) is 0 Å². The summed E-state index contributed by atoms with van der Waals surface area (Å²) in [6.07, 6.45) is 16.4. The molecule has 2 atom stereocenters. The largest absolute Gasteiger partial charge is 0.379 e. The standard InChI is InChI=1S/C20H40O3/c1-3-5-7-9-11-13-15-21-17-19-20(23-19)18-22-16-14-12-10-8-6-4-2/h19-20H,3-18H2,1-2H3. The average molecular weight is 329 g/mol. The predicted octanol–water partition coefficient (Wildman–Crippen LogP) is 5.51. The third kappa shape index (κ3) is 12.9. The minimum Gasteiger partial charge on any atom is -0.379 e. The zero-order valence-electron chi connectivity index (χ0n) is 15.7. The minimum absolute atomic E-state index is 0.291. The molecule has 3 nitrogen and oxygen atoms in total. The fraction of sp³-hybridized carbons (Fsp3) is 1.00. The van der Waals surface area contributed by atoms with Crippen LogP contribution in [0.5, 0.6) is 0 Å². The van der Waals surface area contributed by atoms with Gasteiger partial charge in [0.05, 0.1) is 13.2 Å². The van der Waals surface area contributed by atoms with Gasteiger partial charge in [-0.05, 0) is 12.8 Å². The normalized spacial score (nSPS) is 20.1. The van der Waals surface area contributed by atoms with Gasteiger partial charge in [-0.3, -0.25) is 0 Å². The summed E-state index contributed by atoms with van der Waals surface area (Å²) >= 11 is 0. The molecule has 1 aliphatic heterocycles. The first kappa shape index (κ1) is 20.9. The van der Waals surface area contributed by atoms with Crippen molar-refractivity contribution >= 4 is 0 Å². The summed E-state index contributed by atoms with van der Waals surface area (Å²) < 4.78 is 17.0. The summed E-state index contributed by atoms with van der Waals surface area (Å²) in [6.45, 7) is 7.79. The number of hydrogen-bond acceptors (Lipinski definition) is 3. The molecular formula is C20H40O3. The van der Waals surface area contributed by atoms with Gasteiger partial charge in [0, 0.05) is 13.2 Å². The van der Waals surface area contributed by atoms with Crippen LogP contribution < -0.4 is 0 Å². The van der Waals surface area contributed by atoms with Crippen molar-refractivity contribution < 1.29 is 14.2 Å². The van der Waals surface area contributed by atoms with Crippen molar-refractivity contribution in [3.63, 3.8) is 0 Å². The molecule has 0 saturated carbocycles. The van der Waals surface area contributed by atoms with Crippen molar-refractivity contribution in [2.45, 2.75) is 103 Å². The van der Waals surface area contributed by atoms with Gasteiger partial charge in [-0.1, -0.05) is 78.1 Å². The second kappa shape index (κ2) is 15.4. The quantitative estimate of drug-likeness (QED) is 0.246. The molecule has 0 radical (unpaired) electrons. The van der Waals surface area contributed by atoms with E-state index in [1.165, 1.54) is 77.0 Å². The van der Waals surface area contributed by atoms with E-state index in [4.69, 9.17) is 14.2 Å². The summed E-state index contributed by atoms with van der Waals surface area (Å²) in [5.74, 6) is 0. The molecule has 0 spiro atoms. The lowest BCUT2D eigenvalue weighted by Crippen LogP contribution is -2.10. The van der Waals surface area contributed by atoms with Gasteiger partial charge in [0.2, 0.25) is 0 Å². The average Bonchev–Trinajstić information content (AvgIpc) is 3.31. The van der Waals surface area contributed by atoms with Gasteiger partial charge in [-0.2, -0.15) is 0 Å². The van der Waals surface area contributed by atoms with E-state index in [1.54, 1.807) is 0 Å². The molecule has 1 saturated heterocycles. The molecule has 0 aliphatic carbocycles. The Morgan fingerprint density at radius 2 is 0.957 bits per heavy atom. The van der Waals surface area contributed by atoms with Crippen LogP contribution in [0.25, 0.3) is 0 Å². The van der Waals surface area contributed by atoms with E-state index in [1.807, 2.05) is 0 Å². The van der Waals surface area contributed by atoms with E-state index >= 15 is 0 Å². The SMILES string of the molecule is CCCCCCCCOCC1OC1COCCCCCCCC. The molecule has 0 aromatic carbocycles. The van der Waals surface area contributed by atoms with Crippen LogP contribution in [0, 0.1) is 0 Å². The third-order valence-electron chi connectivity index (χ3n) is 4.54. The van der Waals surface area contributed by atoms with E-state index in [-0.39, 0.29) is 0 Å². The maximum Gasteiger partial charge on any atom is 0.110 e. The van der Waals surface area contributed by atoms with Gasteiger partial charge in [-0.25, -0.2) is 0 Å². The lowest BCUT2D eigenvalue weighted by molar-refractivity contribution is 0.111. The van der Waals surface area contributed by atoms with Crippen molar-refractivity contribution in [1.29, 1.82) is 0 Å². The van der Waals surface area contributed by atoms with Crippen LogP contribution in [-0.4, -0.2) is 38.6 Å². The van der Waals surface area contributed by atoms with Crippen LogP contribution in [0.2, 0.25) is 0 Å². The topological polar surface area (TPSA) is 31.0 Å². The summed E-state index contributed by atoms with van der Waals surface area (Å²) in [5, 5.41) is 0. The highest BCUT2D eigenvalue weighted by atomic mass is 16.6. The monoisotopic (exact) mass is 328 g/mol. The van der Waals surface area contributed by atoms with E-state index in [0.717, 1.165) is 26.4 Å². The van der Waals surface area contributed by atoms with Gasteiger partial charge in [0.1, 0.15) is 12.2 Å². The fourth-order valence-corrected chi connectivity index (χ4v) is 2.84. The molecule has 0 aromatic heterocycles. The lowest BCUT2D eigenvalue weighted by atomic mass is 10.1. The number of unbranched alkanes of at least 4 members (excludes halogenated alkanes) is 10. The Balaban J connectivity index is 1.73. The molecule has 1 fully saturated rings. The Morgan fingerprint density at radius 1 is 0.565 bits per heavy atom. The van der Waals surface area contributed by atoms with Crippen LogP contribution in [0.1, 0.15) is 90.9 Å². The molecule has 1 heterocycles. The van der Waals surface area contributed by atoms with Crippen LogP contribution in [-0.2, 0) is 14.2 Å². The van der Waals surface area contributed by atoms with Crippen molar-refractivity contribution in [2.75, 3.05) is 26.4 Å². The number of ether oxygens (including phenoxy) is 3. The van der Waals surface area contributed by atoms with Crippen molar-refractivity contribution in [3.8, 4) is 0 Å². The van der Waals surface area contributed by atoms with Gasteiger partial charge < -0.3 is 14.2 Å². The van der Waals surface area contributed by atoms with Crippen LogP contribution in [0.15, 0.2) is 0 Å². The van der Waals surface area contributed by atoms with E-state index < -0.39 is 0 Å². The van der Waals surface area contributed by atoms with Crippen LogP contribution in [0.3, 0.4) is 0 Å². The highest BCUT2D eigenvalue weighted by molar-refractivity contribution is 4.84. The summed E-state index contributed by atoms with van der Waals surface area (Å²) in [6, 6.07) is 0. The molecule has 1 rings (SSSR count). The van der Waals surface area contributed by atoms with Crippen molar-refractivity contribution in [2.24, 2.45) is 0 Å². The van der Waals surface area contributed by atoms with E-state index in [0.29, 0.717) is 12.2 Å². The molecule has 0 bridgehead atoms. The summed E-state index contributed by atoms with van der Waals surface area (Å²) in [5.41, 5.74) is 0. The maximum atomic E-state index is 5.70. The molecule has 3 heteroatoms. The molecule has 23 heavy (non-hydrogen) atoms. The van der Waals surface area contributed by atoms with Crippen LogP contribution >= 0.6 is 0 Å². The Bertz CT molecular complexity index is 221. The van der Waals surface area contributed by atoms with Crippen molar-refractivity contribution in [1.82, 2.24) is 0 Å². The second-order valence-electron chi connectivity index (χ2n) is 6.90. The third-order valence-corrected chi connectivity index (χ3v) is 4.54. The van der Waals surface area contributed by atoms with E-state index in [2.05, 4.69) is 13.8 Å². The van der Waals surface area contributed by atoms with Gasteiger partial charge >= 0.3 is 0 Å². The Hall–Kier alpha value is -0.120. The molecule has 1 aliphatic rings. The van der Waals surface area contributed by atoms with Gasteiger partial charge in [0.25, 0.3) is 0 Å². The number of epoxide rings is 1. The lowest BCUT2D eigenvalue weighted by Gasteiger charge is -2.03.